The molecule has 2 amide bonds. The number of amides is 2. The van der Waals surface area contributed by atoms with Crippen molar-refractivity contribution in [1.82, 2.24) is 10.2 Å². The van der Waals surface area contributed by atoms with Gasteiger partial charge in [-0.05, 0) is 19.3 Å². The number of unbranched alkanes of at least 4 members (excludes halogenated alkanes) is 3. The van der Waals surface area contributed by atoms with Crippen LogP contribution in [0.1, 0.15) is 51.4 Å². The number of carbonyl (C=O) groups is 2. The van der Waals surface area contributed by atoms with Crippen molar-refractivity contribution in [2.45, 2.75) is 63.5 Å². The molecule has 3 N–H and O–H groups in total. The quantitative estimate of drug-likeness (QED) is 0.262. The van der Waals surface area contributed by atoms with Crippen LogP contribution in [0.25, 0.3) is 0 Å². The first kappa shape index (κ1) is 22.5. The van der Waals surface area contributed by atoms with Gasteiger partial charge in [-0.2, -0.15) is 0 Å². The Morgan fingerprint density at radius 3 is 2.69 bits per heavy atom. The normalized spacial score (nSPS) is 19.9. The van der Waals surface area contributed by atoms with Crippen molar-refractivity contribution in [1.29, 1.82) is 0 Å². The van der Waals surface area contributed by atoms with Crippen molar-refractivity contribution in [2.24, 2.45) is 0 Å². The number of aliphatic hydroxyl groups excluding tert-OH is 1. The van der Waals surface area contributed by atoms with Crippen molar-refractivity contribution in [3.63, 3.8) is 0 Å². The van der Waals surface area contributed by atoms with E-state index < -0.39 is 14.4 Å². The topological polar surface area (TPSA) is 116 Å². The standard InChI is InChI=1S/C17H27N2O6P/c1-2-3-5-8-16(21)18-10-7-4-6-9-17(22)19-12-15(25-26(23)24)11-14(19)13-20/h1,14-15,20H,3-13H2,(H-,18,21,23,24)/p+1/t14-,15+/m0/s1. The summed E-state index contributed by atoms with van der Waals surface area (Å²) in [6, 6.07) is -0.371. The SMILES string of the molecule is C#CCCCC(=O)NCCCCCC(=O)N1C[C@H](O[P+](=O)O)C[C@H]1CO. The highest BCUT2D eigenvalue weighted by molar-refractivity contribution is 7.32. The summed E-state index contributed by atoms with van der Waals surface area (Å²) in [5, 5.41) is 12.2. The predicted molar refractivity (Wildman–Crippen MR) is 96.1 cm³/mol. The van der Waals surface area contributed by atoms with Gasteiger partial charge in [-0.15, -0.1) is 21.8 Å². The first-order valence-corrected chi connectivity index (χ1v) is 10.0. The minimum Gasteiger partial charge on any atom is -0.394 e. The molecule has 8 nitrogen and oxygen atoms in total. The molecule has 1 aliphatic rings. The molecule has 1 unspecified atom stereocenters. The summed E-state index contributed by atoms with van der Waals surface area (Å²) < 4.78 is 15.6. The Labute approximate surface area is 155 Å². The first-order chi connectivity index (χ1) is 12.5. The fourth-order valence-electron chi connectivity index (χ4n) is 2.94. The van der Waals surface area contributed by atoms with E-state index in [2.05, 4.69) is 11.2 Å². The minimum absolute atomic E-state index is 0.00700. The highest BCUT2D eigenvalue weighted by atomic mass is 31.1. The summed E-state index contributed by atoms with van der Waals surface area (Å²) in [6.45, 7) is 0.602. The van der Waals surface area contributed by atoms with Crippen LogP contribution in [0.15, 0.2) is 0 Å². The summed E-state index contributed by atoms with van der Waals surface area (Å²) in [5.41, 5.74) is 0. The maximum Gasteiger partial charge on any atom is 0.695 e. The Balaban J connectivity index is 2.16. The second-order valence-corrected chi connectivity index (χ2v) is 6.99. The van der Waals surface area contributed by atoms with E-state index in [9.17, 15) is 19.3 Å². The lowest BCUT2D eigenvalue weighted by Gasteiger charge is -2.22. The van der Waals surface area contributed by atoms with Crippen LogP contribution in [-0.2, 0) is 18.7 Å². The van der Waals surface area contributed by atoms with Crippen molar-refractivity contribution in [3.05, 3.63) is 0 Å². The maximum atomic E-state index is 12.3. The summed E-state index contributed by atoms with van der Waals surface area (Å²) >= 11 is 0. The van der Waals surface area contributed by atoms with Gasteiger partial charge >= 0.3 is 8.25 Å². The summed E-state index contributed by atoms with van der Waals surface area (Å²) in [7, 11) is -2.72. The third-order valence-electron chi connectivity index (χ3n) is 4.26. The van der Waals surface area contributed by atoms with Gasteiger partial charge in [-0.25, -0.2) is 0 Å². The fraction of sp³-hybridized carbons (Fsp3) is 0.765. The van der Waals surface area contributed by atoms with Gasteiger partial charge in [0.1, 0.15) is 6.10 Å². The van der Waals surface area contributed by atoms with Crippen LogP contribution in [0.3, 0.4) is 0 Å². The van der Waals surface area contributed by atoms with E-state index in [1.165, 1.54) is 4.90 Å². The Morgan fingerprint density at radius 1 is 1.27 bits per heavy atom. The zero-order chi connectivity index (χ0) is 19.4. The van der Waals surface area contributed by atoms with Gasteiger partial charge in [0.05, 0.1) is 19.2 Å². The molecule has 0 aromatic rings. The molecule has 0 aromatic heterocycles. The summed E-state index contributed by atoms with van der Waals surface area (Å²) in [6.07, 6.45) is 9.29. The van der Waals surface area contributed by atoms with Gasteiger partial charge in [0.2, 0.25) is 11.8 Å². The zero-order valence-corrected chi connectivity index (χ0v) is 15.8. The molecule has 3 atom stereocenters. The van der Waals surface area contributed by atoms with Crippen molar-refractivity contribution < 1.29 is 28.7 Å². The van der Waals surface area contributed by atoms with Crippen LogP contribution in [0.4, 0.5) is 0 Å². The van der Waals surface area contributed by atoms with Gasteiger partial charge in [0.25, 0.3) is 0 Å². The van der Waals surface area contributed by atoms with Crippen LogP contribution in [0, 0.1) is 12.3 Å². The molecule has 1 aliphatic heterocycles. The van der Waals surface area contributed by atoms with Crippen LogP contribution < -0.4 is 5.32 Å². The fourth-order valence-corrected chi connectivity index (χ4v) is 3.35. The number of likely N-dealkylation sites (tertiary alicyclic amines) is 1. The monoisotopic (exact) mass is 387 g/mol. The van der Waals surface area contributed by atoms with Gasteiger partial charge in [-0.1, -0.05) is 6.42 Å². The number of carbonyl (C=O) groups excluding carboxylic acids is 2. The van der Waals surface area contributed by atoms with E-state index >= 15 is 0 Å². The Hall–Kier alpha value is -1.52. The first-order valence-electron chi connectivity index (χ1n) is 8.91. The second-order valence-electron chi connectivity index (χ2n) is 6.30. The van der Waals surface area contributed by atoms with Crippen LogP contribution >= 0.6 is 8.25 Å². The highest BCUT2D eigenvalue weighted by Crippen LogP contribution is 2.28. The molecule has 0 aliphatic carbocycles. The van der Waals surface area contributed by atoms with E-state index in [1.807, 2.05) is 0 Å². The van der Waals surface area contributed by atoms with Gasteiger partial charge < -0.3 is 15.3 Å². The highest BCUT2D eigenvalue weighted by Gasteiger charge is 2.39. The average molecular weight is 387 g/mol. The molecule has 0 spiro atoms. The molecule has 0 radical (unpaired) electrons. The molecule has 146 valence electrons. The molecule has 1 heterocycles. The predicted octanol–water partition coefficient (Wildman–Crippen LogP) is 1.09. The van der Waals surface area contributed by atoms with Gasteiger partial charge in [0, 0.05) is 36.8 Å². The number of hydrogen-bond donors (Lipinski definition) is 3. The van der Waals surface area contributed by atoms with Crippen LogP contribution in [0.2, 0.25) is 0 Å². The number of nitrogens with one attached hydrogen (secondary N) is 1. The maximum absolute atomic E-state index is 12.3. The van der Waals surface area contributed by atoms with E-state index in [1.54, 1.807) is 0 Å². The number of rotatable bonds is 12. The summed E-state index contributed by atoms with van der Waals surface area (Å²) in [5.74, 6) is 2.39. The van der Waals surface area contributed by atoms with Gasteiger partial charge in [-0.3, -0.25) is 9.59 Å². The molecule has 1 fully saturated rings. The molecular weight excluding hydrogens is 359 g/mol. The summed E-state index contributed by atoms with van der Waals surface area (Å²) in [4.78, 5) is 34.1. The largest absolute Gasteiger partial charge is 0.695 e. The lowest BCUT2D eigenvalue weighted by molar-refractivity contribution is -0.133. The lowest BCUT2D eigenvalue weighted by atomic mass is 10.1. The Morgan fingerprint density at radius 2 is 2.04 bits per heavy atom. The van der Waals surface area contributed by atoms with E-state index in [0.717, 1.165) is 12.8 Å². The van der Waals surface area contributed by atoms with Crippen LogP contribution in [-0.4, -0.2) is 58.6 Å². The third-order valence-corrected chi connectivity index (χ3v) is 4.74. The van der Waals surface area contributed by atoms with Crippen molar-refractivity contribution in [2.75, 3.05) is 19.7 Å². The molecule has 9 heteroatoms. The molecule has 0 bridgehead atoms. The lowest BCUT2D eigenvalue weighted by Crippen LogP contribution is -2.37. The molecule has 1 rings (SSSR count). The van der Waals surface area contributed by atoms with E-state index in [4.69, 9.17) is 15.8 Å². The minimum atomic E-state index is -2.72. The zero-order valence-electron chi connectivity index (χ0n) is 14.9. The van der Waals surface area contributed by atoms with Crippen molar-refractivity contribution in [3.8, 4) is 12.3 Å². The smallest absolute Gasteiger partial charge is 0.394 e. The molecule has 26 heavy (non-hydrogen) atoms. The van der Waals surface area contributed by atoms with E-state index in [0.29, 0.717) is 45.1 Å². The number of aliphatic hydroxyl groups is 1. The van der Waals surface area contributed by atoms with Gasteiger partial charge in [0.15, 0.2) is 0 Å². The molecule has 1 saturated heterocycles. The number of nitrogens with zero attached hydrogens (tertiary/aromatic N) is 1. The third kappa shape index (κ3) is 8.72. The average Bonchev–Trinajstić information content (AvgIpc) is 3.00. The van der Waals surface area contributed by atoms with Crippen molar-refractivity contribution >= 4 is 20.1 Å². The van der Waals surface area contributed by atoms with E-state index in [-0.39, 0.29) is 31.0 Å². The Bertz CT molecular complexity index is 522. The molecule has 0 saturated carbocycles. The number of terminal acetylenes is 1. The second kappa shape index (κ2) is 12.8. The molecule has 0 aromatic carbocycles. The Kier molecular flexibility index (Phi) is 11.1. The molecular formula is C17H28N2O6P+. The van der Waals surface area contributed by atoms with Crippen LogP contribution in [0.5, 0.6) is 0 Å². The number of hydrogen-bond acceptors (Lipinski definition) is 5.